The van der Waals surface area contributed by atoms with Crippen molar-refractivity contribution in [3.63, 3.8) is 0 Å². The number of benzene rings is 1. The predicted octanol–water partition coefficient (Wildman–Crippen LogP) is 5.10. The van der Waals surface area contributed by atoms with Gasteiger partial charge in [0.2, 0.25) is 0 Å². The summed E-state index contributed by atoms with van der Waals surface area (Å²) in [5.74, 6) is -1.13. The van der Waals surface area contributed by atoms with Crippen molar-refractivity contribution in [1.29, 1.82) is 0 Å². The number of carbonyl (C=O) groups excluding carboxylic acids is 1. The van der Waals surface area contributed by atoms with Crippen molar-refractivity contribution in [2.75, 3.05) is 19.0 Å². The molecular formula is C18H27F2NO2. The molecule has 0 heterocycles. The van der Waals surface area contributed by atoms with Crippen LogP contribution in [0.2, 0.25) is 0 Å². The molecule has 1 rings (SSSR count). The molecule has 0 aliphatic rings. The van der Waals surface area contributed by atoms with E-state index in [-0.39, 0.29) is 0 Å². The van der Waals surface area contributed by atoms with Gasteiger partial charge in [-0.3, -0.25) is 4.79 Å². The Morgan fingerprint density at radius 3 is 2.17 bits per heavy atom. The number of hydrogen-bond acceptors (Lipinski definition) is 3. The number of anilines is 1. The normalized spacial score (nSPS) is 10.1. The van der Waals surface area contributed by atoms with E-state index in [1.165, 1.54) is 12.1 Å². The van der Waals surface area contributed by atoms with Gasteiger partial charge in [-0.2, -0.15) is 0 Å². The molecule has 0 bridgehead atoms. The van der Waals surface area contributed by atoms with Gasteiger partial charge in [-0.1, -0.05) is 39.0 Å². The van der Waals surface area contributed by atoms with Crippen LogP contribution in [0, 0.1) is 11.6 Å². The second-order valence-electron chi connectivity index (χ2n) is 3.99. The third kappa shape index (κ3) is 13.2. The summed E-state index contributed by atoms with van der Waals surface area (Å²) in [7, 11) is 1.61. The van der Waals surface area contributed by atoms with Crippen LogP contribution in [-0.2, 0) is 9.53 Å². The summed E-state index contributed by atoms with van der Waals surface area (Å²) in [5, 5.41) is 2.63. The van der Waals surface area contributed by atoms with Gasteiger partial charge >= 0.3 is 0 Å². The van der Waals surface area contributed by atoms with E-state index in [0.29, 0.717) is 18.8 Å². The minimum absolute atomic E-state index is 0.372. The Bertz CT molecular complexity index is 466. The number of carbonyl (C=O) groups is 1. The molecule has 0 unspecified atom stereocenters. The lowest BCUT2D eigenvalue weighted by Gasteiger charge is -1.98. The summed E-state index contributed by atoms with van der Waals surface area (Å²) in [5.41, 5.74) is 1.47. The fourth-order valence-corrected chi connectivity index (χ4v) is 1.33. The lowest BCUT2D eigenvalue weighted by atomic mass is 10.2. The fraction of sp³-hybridized carbons (Fsp3) is 0.389. The van der Waals surface area contributed by atoms with Crippen molar-refractivity contribution in [2.45, 2.75) is 34.1 Å². The van der Waals surface area contributed by atoms with Gasteiger partial charge in [0.25, 0.3) is 6.47 Å². The first-order valence-corrected chi connectivity index (χ1v) is 7.58. The van der Waals surface area contributed by atoms with Crippen LogP contribution in [-0.4, -0.2) is 20.1 Å². The van der Waals surface area contributed by atoms with Crippen LogP contribution in [0.25, 0.3) is 0 Å². The molecule has 1 N–H and O–H groups in total. The zero-order valence-electron chi connectivity index (χ0n) is 14.5. The number of hydrogen-bond donors (Lipinski definition) is 1. The third-order valence-corrected chi connectivity index (χ3v) is 2.41. The van der Waals surface area contributed by atoms with E-state index in [1.807, 2.05) is 39.0 Å². The summed E-state index contributed by atoms with van der Waals surface area (Å²) in [6.45, 7) is 8.81. The first-order valence-electron chi connectivity index (χ1n) is 7.58. The van der Waals surface area contributed by atoms with Gasteiger partial charge in [0.15, 0.2) is 0 Å². The highest BCUT2D eigenvalue weighted by molar-refractivity contribution is 5.42. The molecule has 1 aromatic carbocycles. The van der Waals surface area contributed by atoms with Crippen molar-refractivity contribution in [3.8, 4) is 0 Å². The van der Waals surface area contributed by atoms with Crippen LogP contribution in [0.3, 0.4) is 0 Å². The summed E-state index contributed by atoms with van der Waals surface area (Å²) >= 11 is 0. The monoisotopic (exact) mass is 327 g/mol. The molecule has 0 fully saturated rings. The molecule has 5 heteroatoms. The van der Waals surface area contributed by atoms with Crippen molar-refractivity contribution < 1.29 is 18.3 Å². The first kappa shape index (κ1) is 23.1. The molecule has 0 spiro atoms. The number of allylic oxidation sites excluding steroid dienone is 2. The second kappa shape index (κ2) is 16.2. The van der Waals surface area contributed by atoms with E-state index in [2.05, 4.69) is 17.0 Å². The van der Waals surface area contributed by atoms with Crippen molar-refractivity contribution in [3.05, 3.63) is 53.6 Å². The van der Waals surface area contributed by atoms with Gasteiger partial charge in [0.05, 0.1) is 0 Å². The predicted molar refractivity (Wildman–Crippen MR) is 92.5 cm³/mol. The Balaban J connectivity index is 0. The van der Waals surface area contributed by atoms with Crippen LogP contribution < -0.4 is 5.32 Å². The minimum atomic E-state index is -0.565. The van der Waals surface area contributed by atoms with E-state index in [1.54, 1.807) is 7.05 Å². The maximum atomic E-state index is 12.3. The van der Waals surface area contributed by atoms with Crippen LogP contribution in [0.4, 0.5) is 14.5 Å². The molecule has 0 saturated heterocycles. The molecule has 130 valence electrons. The standard InChI is InChI=1S/C9H14O2.C7H7F2N.C2H6/c1-3-5-6-9(4-2)7-11-8-10;1-10-7-3-5(8)2-6(9)4-7;1-2/h4-6,8H,3,7H2,1-2H3;2-4,10H,1H3;1-2H3/b6-5-,9-4+;;. The van der Waals surface area contributed by atoms with Gasteiger partial charge in [-0.25, -0.2) is 8.78 Å². The molecule has 0 amide bonds. The molecule has 0 saturated carbocycles. The summed E-state index contributed by atoms with van der Waals surface area (Å²) < 4.78 is 29.3. The molecule has 0 atom stereocenters. The maximum Gasteiger partial charge on any atom is 0.293 e. The number of nitrogens with one attached hydrogen (secondary N) is 1. The van der Waals surface area contributed by atoms with Gasteiger partial charge in [0.1, 0.15) is 18.2 Å². The second-order valence-corrected chi connectivity index (χ2v) is 3.99. The summed E-state index contributed by atoms with van der Waals surface area (Å²) in [6.07, 6.45) is 6.92. The topological polar surface area (TPSA) is 38.3 Å². The summed E-state index contributed by atoms with van der Waals surface area (Å²) in [6, 6.07) is 3.28. The van der Waals surface area contributed by atoms with Crippen LogP contribution in [0.15, 0.2) is 42.0 Å². The largest absolute Gasteiger partial charge is 0.463 e. The van der Waals surface area contributed by atoms with Crippen molar-refractivity contribution >= 4 is 12.2 Å². The quantitative estimate of drug-likeness (QED) is 0.583. The Morgan fingerprint density at radius 1 is 1.22 bits per heavy atom. The van der Waals surface area contributed by atoms with Gasteiger partial charge in [-0.05, 0) is 31.1 Å². The zero-order valence-corrected chi connectivity index (χ0v) is 14.5. The summed E-state index contributed by atoms with van der Waals surface area (Å²) in [4.78, 5) is 9.83. The van der Waals surface area contributed by atoms with Gasteiger partial charge < -0.3 is 10.1 Å². The highest BCUT2D eigenvalue weighted by Gasteiger charge is 1.96. The Morgan fingerprint density at radius 2 is 1.78 bits per heavy atom. The van der Waals surface area contributed by atoms with E-state index in [9.17, 15) is 13.6 Å². The van der Waals surface area contributed by atoms with Gasteiger partial charge in [0, 0.05) is 18.8 Å². The van der Waals surface area contributed by atoms with Crippen molar-refractivity contribution in [2.24, 2.45) is 0 Å². The molecule has 3 nitrogen and oxygen atoms in total. The Kier molecular flexibility index (Phi) is 16.3. The lowest BCUT2D eigenvalue weighted by Crippen LogP contribution is -1.93. The molecule has 1 aromatic rings. The van der Waals surface area contributed by atoms with Gasteiger partial charge in [-0.15, -0.1) is 0 Å². The SMILES string of the molecule is C/C=C(\C=C/CC)COC=O.CC.CNc1cc(F)cc(F)c1. The highest BCUT2D eigenvalue weighted by atomic mass is 19.1. The number of halogens is 2. The average Bonchev–Trinajstić information content (AvgIpc) is 2.56. The number of rotatable bonds is 6. The molecular weight excluding hydrogens is 300 g/mol. The zero-order chi connectivity index (χ0) is 18.1. The number of ether oxygens (including phenoxy) is 1. The Labute approximate surface area is 138 Å². The van der Waals surface area contributed by atoms with Crippen LogP contribution in [0.1, 0.15) is 34.1 Å². The maximum absolute atomic E-state index is 12.3. The van der Waals surface area contributed by atoms with Crippen molar-refractivity contribution in [1.82, 2.24) is 0 Å². The van der Waals surface area contributed by atoms with E-state index in [0.717, 1.165) is 18.1 Å². The first-order chi connectivity index (χ1) is 11.1. The molecule has 0 aliphatic heterocycles. The molecule has 0 radical (unpaired) electrons. The fourth-order valence-electron chi connectivity index (χ4n) is 1.33. The highest BCUT2D eigenvalue weighted by Crippen LogP contribution is 2.11. The molecule has 23 heavy (non-hydrogen) atoms. The minimum Gasteiger partial charge on any atom is -0.463 e. The van der Waals surface area contributed by atoms with E-state index >= 15 is 0 Å². The third-order valence-electron chi connectivity index (χ3n) is 2.41. The van der Waals surface area contributed by atoms with E-state index < -0.39 is 11.6 Å². The average molecular weight is 327 g/mol. The molecule has 0 aromatic heterocycles. The molecule has 0 aliphatic carbocycles. The lowest BCUT2D eigenvalue weighted by molar-refractivity contribution is -0.127. The Hall–Kier alpha value is -2.17. The smallest absolute Gasteiger partial charge is 0.293 e. The van der Waals surface area contributed by atoms with E-state index in [4.69, 9.17) is 0 Å². The van der Waals surface area contributed by atoms with Crippen LogP contribution in [0.5, 0.6) is 0 Å². The van der Waals surface area contributed by atoms with Crippen LogP contribution >= 0.6 is 0 Å².